The van der Waals surface area contributed by atoms with E-state index in [1.807, 2.05) is 0 Å². The Kier molecular flexibility index (Phi) is 3.00. The lowest BCUT2D eigenvalue weighted by Crippen LogP contribution is -2.32. The number of nitrogens with zero attached hydrogens (tertiary/aromatic N) is 1. The van der Waals surface area contributed by atoms with E-state index in [-0.39, 0.29) is 5.69 Å². The van der Waals surface area contributed by atoms with Gasteiger partial charge in [0.25, 0.3) is 5.69 Å². The van der Waals surface area contributed by atoms with E-state index in [1.54, 1.807) is 6.07 Å². The third-order valence-electron chi connectivity index (χ3n) is 1.59. The minimum absolute atomic E-state index is 0.0615. The maximum absolute atomic E-state index is 10.3. The van der Waals surface area contributed by atoms with Crippen molar-refractivity contribution >= 4 is 18.3 Å². The van der Waals surface area contributed by atoms with Crippen LogP contribution in [0.3, 0.4) is 0 Å². The molecule has 68 valence electrons. The quantitative estimate of drug-likeness (QED) is 0.402. The highest BCUT2D eigenvalue weighted by molar-refractivity contribution is 6.60. The van der Waals surface area contributed by atoms with Crippen molar-refractivity contribution in [2.45, 2.75) is 0 Å². The van der Waals surface area contributed by atoms with Crippen LogP contribution >= 0.6 is 0 Å². The van der Waals surface area contributed by atoms with E-state index in [0.717, 1.165) is 0 Å². The van der Waals surface area contributed by atoms with Crippen LogP contribution in [-0.2, 0) is 4.65 Å². The average Bonchev–Trinajstić information content (AvgIpc) is 2.17. The van der Waals surface area contributed by atoms with Gasteiger partial charge in [-0.2, -0.15) is 0 Å². The summed E-state index contributed by atoms with van der Waals surface area (Å²) in [5.41, 5.74) is 0.310. The van der Waals surface area contributed by atoms with Gasteiger partial charge in [0.2, 0.25) is 0 Å². The molecule has 0 bridgehead atoms. The number of rotatable bonds is 3. The smallest absolute Gasteiger partial charge is 0.423 e. The van der Waals surface area contributed by atoms with Crippen LogP contribution in [0.4, 0.5) is 5.69 Å². The maximum atomic E-state index is 10.3. The number of hydrogen-bond acceptors (Lipinski definition) is 4. The predicted molar refractivity (Wildman–Crippen MR) is 47.7 cm³/mol. The van der Waals surface area contributed by atoms with E-state index in [9.17, 15) is 15.1 Å². The number of benzene rings is 1. The zero-order chi connectivity index (χ0) is 9.84. The summed E-state index contributed by atoms with van der Waals surface area (Å²) in [4.78, 5) is 9.83. The van der Waals surface area contributed by atoms with Crippen molar-refractivity contribution in [1.29, 1.82) is 0 Å². The molecule has 0 unspecified atom stereocenters. The second-order valence-corrected chi connectivity index (χ2v) is 2.44. The van der Waals surface area contributed by atoms with Gasteiger partial charge in [0.05, 0.1) is 4.92 Å². The van der Waals surface area contributed by atoms with Gasteiger partial charge in [-0.3, -0.25) is 10.1 Å². The lowest BCUT2D eigenvalue weighted by Gasteiger charge is -2.02. The van der Waals surface area contributed by atoms with Gasteiger partial charge in [0.15, 0.2) is 0 Å². The molecule has 0 fully saturated rings. The van der Waals surface area contributed by atoms with Crippen molar-refractivity contribution in [1.82, 2.24) is 0 Å². The molecule has 6 heteroatoms. The zero-order valence-corrected chi connectivity index (χ0v) is 7.01. The predicted octanol–water partition coefficient (Wildman–Crippen LogP) is -0.0713. The monoisotopic (exact) mass is 181 g/mol. The third kappa shape index (κ3) is 2.27. The standard InChI is InChI=1S/C7H8BNO4/c1-13-8(10)6-3-2-4-7(5-6)9(11)12/h2-5,10H,1H3. The van der Waals surface area contributed by atoms with E-state index in [0.29, 0.717) is 5.46 Å². The summed E-state index contributed by atoms with van der Waals surface area (Å²) in [6.07, 6.45) is 0. The minimum atomic E-state index is -1.11. The summed E-state index contributed by atoms with van der Waals surface area (Å²) in [6.45, 7) is 0. The molecule has 0 saturated carbocycles. The summed E-state index contributed by atoms with van der Waals surface area (Å²) >= 11 is 0. The summed E-state index contributed by atoms with van der Waals surface area (Å²) < 4.78 is 4.60. The van der Waals surface area contributed by atoms with Crippen molar-refractivity contribution in [3.05, 3.63) is 34.4 Å². The van der Waals surface area contributed by atoms with Crippen molar-refractivity contribution < 1.29 is 14.6 Å². The Bertz CT molecular complexity index is 317. The van der Waals surface area contributed by atoms with E-state index in [2.05, 4.69) is 4.65 Å². The highest BCUT2D eigenvalue weighted by Crippen LogP contribution is 2.06. The molecule has 5 nitrogen and oxygen atoms in total. The first-order chi connectivity index (χ1) is 6.15. The summed E-state index contributed by atoms with van der Waals surface area (Å²) in [7, 11) is 0.212. The fourth-order valence-corrected chi connectivity index (χ4v) is 0.928. The SMILES string of the molecule is COB(O)c1cccc([N+](=O)[O-])c1. The molecule has 0 aliphatic carbocycles. The molecule has 0 aromatic heterocycles. The lowest BCUT2D eigenvalue weighted by molar-refractivity contribution is -0.384. The number of hydrogen-bond donors (Lipinski definition) is 1. The van der Waals surface area contributed by atoms with Crippen LogP contribution in [0.25, 0.3) is 0 Å². The highest BCUT2D eigenvalue weighted by Gasteiger charge is 2.16. The normalized spacial score (nSPS) is 9.69. The lowest BCUT2D eigenvalue weighted by atomic mass is 9.79. The second kappa shape index (κ2) is 4.02. The minimum Gasteiger partial charge on any atom is -0.423 e. The molecule has 13 heavy (non-hydrogen) atoms. The van der Waals surface area contributed by atoms with Crippen LogP contribution in [0.5, 0.6) is 0 Å². The van der Waals surface area contributed by atoms with E-state index >= 15 is 0 Å². The van der Waals surface area contributed by atoms with Crippen molar-refractivity contribution in [3.8, 4) is 0 Å². The van der Waals surface area contributed by atoms with E-state index in [4.69, 9.17) is 0 Å². The molecule has 0 aliphatic rings. The Balaban J connectivity index is 2.98. The van der Waals surface area contributed by atoms with Gasteiger partial charge >= 0.3 is 7.12 Å². The van der Waals surface area contributed by atoms with Crippen LogP contribution in [0.1, 0.15) is 0 Å². The summed E-state index contributed by atoms with van der Waals surface area (Å²) in [5, 5.41) is 19.5. The third-order valence-corrected chi connectivity index (χ3v) is 1.59. The van der Waals surface area contributed by atoms with Gasteiger partial charge in [-0.05, 0) is 5.46 Å². The van der Waals surface area contributed by atoms with Gasteiger partial charge < -0.3 is 9.68 Å². The number of nitro groups is 1. The van der Waals surface area contributed by atoms with Crippen molar-refractivity contribution in [2.75, 3.05) is 7.11 Å². The maximum Gasteiger partial charge on any atom is 0.491 e. The van der Waals surface area contributed by atoms with Crippen molar-refractivity contribution in [3.63, 3.8) is 0 Å². The molecule has 0 saturated heterocycles. The van der Waals surface area contributed by atoms with Gasteiger partial charge in [0, 0.05) is 19.2 Å². The Hall–Kier alpha value is -1.40. The highest BCUT2D eigenvalue weighted by atomic mass is 16.6. The fourth-order valence-electron chi connectivity index (χ4n) is 0.928. The van der Waals surface area contributed by atoms with Crippen LogP contribution in [0, 0.1) is 10.1 Å². The van der Waals surface area contributed by atoms with Gasteiger partial charge in [-0.1, -0.05) is 12.1 Å². The van der Waals surface area contributed by atoms with Gasteiger partial charge in [0.1, 0.15) is 0 Å². The number of non-ortho nitro benzene ring substituents is 1. The molecule has 0 radical (unpaired) electrons. The Labute approximate surface area is 75.2 Å². The fraction of sp³-hybridized carbons (Fsp3) is 0.143. The average molecular weight is 181 g/mol. The molecule has 0 atom stereocenters. The van der Waals surface area contributed by atoms with Crippen molar-refractivity contribution in [2.24, 2.45) is 0 Å². The van der Waals surface area contributed by atoms with Gasteiger partial charge in [-0.15, -0.1) is 0 Å². The molecule has 1 aromatic rings. The van der Waals surface area contributed by atoms with Crippen LogP contribution in [0.15, 0.2) is 24.3 Å². The number of nitro benzene ring substituents is 1. The van der Waals surface area contributed by atoms with Crippen LogP contribution in [-0.4, -0.2) is 24.2 Å². The molecule has 1 aromatic carbocycles. The Morgan fingerprint density at radius 3 is 2.85 bits per heavy atom. The van der Waals surface area contributed by atoms with Crippen LogP contribution < -0.4 is 5.46 Å². The topological polar surface area (TPSA) is 72.6 Å². The summed E-state index contributed by atoms with van der Waals surface area (Å²) in [5.74, 6) is 0. The molecule has 0 amide bonds. The van der Waals surface area contributed by atoms with E-state index in [1.165, 1.54) is 25.3 Å². The molecule has 0 aliphatic heterocycles. The molecule has 1 rings (SSSR count). The first-order valence-corrected chi connectivity index (χ1v) is 3.60. The molecular formula is C7H8BNO4. The Morgan fingerprint density at radius 1 is 1.62 bits per heavy atom. The molecule has 1 N–H and O–H groups in total. The Morgan fingerprint density at radius 2 is 2.31 bits per heavy atom. The zero-order valence-electron chi connectivity index (χ0n) is 7.01. The van der Waals surface area contributed by atoms with Crippen LogP contribution in [0.2, 0.25) is 0 Å². The largest absolute Gasteiger partial charge is 0.491 e. The first-order valence-electron chi connectivity index (χ1n) is 3.60. The molecular weight excluding hydrogens is 173 g/mol. The summed E-state index contributed by atoms with van der Waals surface area (Å²) in [6, 6.07) is 5.68. The second-order valence-electron chi connectivity index (χ2n) is 2.44. The first kappa shape index (κ1) is 9.69. The van der Waals surface area contributed by atoms with E-state index < -0.39 is 12.0 Å². The van der Waals surface area contributed by atoms with Gasteiger partial charge in [-0.25, -0.2) is 0 Å². The molecule has 0 spiro atoms. The molecule has 0 heterocycles.